The van der Waals surface area contributed by atoms with Gasteiger partial charge in [-0.05, 0) is 18.6 Å². The molecule has 0 saturated heterocycles. The normalized spacial score (nSPS) is 16.1. The summed E-state index contributed by atoms with van der Waals surface area (Å²) < 4.78 is 21.6. The van der Waals surface area contributed by atoms with E-state index in [2.05, 4.69) is 5.32 Å². The molecule has 176 valence electrons. The average molecular weight is 468 g/mol. The Morgan fingerprint density at radius 2 is 1.56 bits per heavy atom. The predicted octanol–water partition coefficient (Wildman–Crippen LogP) is 1.22. The van der Waals surface area contributed by atoms with Gasteiger partial charge >= 0.3 is 11.9 Å². The van der Waals surface area contributed by atoms with E-state index in [9.17, 15) is 9.59 Å². The zero-order valence-corrected chi connectivity index (χ0v) is 19.1. The zero-order valence-electron chi connectivity index (χ0n) is 18.3. The van der Waals surface area contributed by atoms with Crippen molar-refractivity contribution in [1.82, 2.24) is 5.32 Å². The molecule has 0 aromatic heterocycles. The number of carbonyl (C=O) groups is 2. The van der Waals surface area contributed by atoms with Gasteiger partial charge in [-0.15, -0.1) is 0 Å². The number of esters is 2. The highest BCUT2D eigenvalue weighted by molar-refractivity contribution is 6.31. The maximum absolute atomic E-state index is 13.1. The highest BCUT2D eigenvalue weighted by Crippen LogP contribution is 2.42. The lowest BCUT2D eigenvalue weighted by atomic mass is 9.80. The minimum atomic E-state index is -0.857. The number of halogens is 1. The molecule has 0 fully saturated rings. The second kappa shape index (κ2) is 13.2. The maximum atomic E-state index is 13.1. The van der Waals surface area contributed by atoms with Gasteiger partial charge in [0.25, 0.3) is 0 Å². The first-order chi connectivity index (χ1) is 15.5. The van der Waals surface area contributed by atoms with Crippen LogP contribution in [0.5, 0.6) is 0 Å². The smallest absolute Gasteiger partial charge is 0.336 e. The highest BCUT2D eigenvalue weighted by Gasteiger charge is 2.40. The summed E-state index contributed by atoms with van der Waals surface area (Å²) >= 11 is 6.50. The molecule has 0 radical (unpaired) electrons. The lowest BCUT2D eigenvalue weighted by molar-refractivity contribution is -0.139. The van der Waals surface area contributed by atoms with Gasteiger partial charge in [0.1, 0.15) is 0 Å². The van der Waals surface area contributed by atoms with Gasteiger partial charge in [-0.1, -0.05) is 29.8 Å². The van der Waals surface area contributed by atoms with Crippen LogP contribution in [-0.4, -0.2) is 65.2 Å². The summed E-state index contributed by atoms with van der Waals surface area (Å²) in [5, 5.41) is 3.51. The fourth-order valence-corrected chi connectivity index (χ4v) is 3.62. The molecule has 0 bridgehead atoms. The van der Waals surface area contributed by atoms with Gasteiger partial charge in [0, 0.05) is 18.1 Å². The van der Waals surface area contributed by atoms with E-state index in [-0.39, 0.29) is 44.2 Å². The van der Waals surface area contributed by atoms with Crippen molar-refractivity contribution in [2.75, 3.05) is 53.2 Å². The number of rotatable bonds is 12. The summed E-state index contributed by atoms with van der Waals surface area (Å²) in [6, 6.07) is 6.97. The summed E-state index contributed by atoms with van der Waals surface area (Å²) in [6.45, 7) is 3.12. The summed E-state index contributed by atoms with van der Waals surface area (Å²) in [5.41, 5.74) is 12.9. The summed E-state index contributed by atoms with van der Waals surface area (Å²) in [6.07, 6.45) is 0. The van der Waals surface area contributed by atoms with Gasteiger partial charge in [-0.25, -0.2) is 9.59 Å². The minimum Gasteiger partial charge on any atom is -0.466 e. The fourth-order valence-electron chi connectivity index (χ4n) is 3.37. The van der Waals surface area contributed by atoms with Crippen LogP contribution in [0.3, 0.4) is 0 Å². The molecule has 0 aliphatic carbocycles. The number of nitrogens with one attached hydrogen (secondary N) is 1. The van der Waals surface area contributed by atoms with Crippen LogP contribution in [0.25, 0.3) is 0 Å². The quantitative estimate of drug-likeness (QED) is 0.306. The number of methoxy groups -OCH3 is 1. The molecule has 1 atom stereocenters. The third-order valence-corrected chi connectivity index (χ3v) is 5.01. The number of ether oxygens (including phenoxy) is 4. The molecule has 0 saturated carbocycles. The van der Waals surface area contributed by atoms with Crippen LogP contribution in [0, 0.1) is 0 Å². The molecule has 0 amide bonds. The third kappa shape index (κ3) is 6.30. The molecule has 1 aliphatic heterocycles. The lowest BCUT2D eigenvalue weighted by Crippen LogP contribution is -2.37. The van der Waals surface area contributed by atoms with Crippen molar-refractivity contribution in [2.24, 2.45) is 11.5 Å². The van der Waals surface area contributed by atoms with Gasteiger partial charge in [-0.3, -0.25) is 0 Å². The van der Waals surface area contributed by atoms with Crippen LogP contribution in [0.1, 0.15) is 18.4 Å². The maximum Gasteiger partial charge on any atom is 0.336 e. The SMILES string of the molecule is CCOC(=O)C1=C(COCCN)NC(COCCN)=C(C(=O)OC)[C@@H]1c1ccccc1Cl. The molecule has 0 unspecified atom stereocenters. The second-order valence-corrected chi connectivity index (χ2v) is 7.17. The Balaban J connectivity index is 2.71. The van der Waals surface area contributed by atoms with Gasteiger partial charge < -0.3 is 35.7 Å². The van der Waals surface area contributed by atoms with Crippen molar-refractivity contribution in [2.45, 2.75) is 12.8 Å². The van der Waals surface area contributed by atoms with Gasteiger partial charge in [0.05, 0.1) is 68.6 Å². The van der Waals surface area contributed by atoms with Gasteiger partial charge in [0.2, 0.25) is 0 Å². The first-order valence-corrected chi connectivity index (χ1v) is 10.7. The Hall–Kier alpha value is -2.43. The number of carbonyl (C=O) groups excluding carboxylic acids is 2. The molecule has 5 N–H and O–H groups in total. The first-order valence-electron chi connectivity index (χ1n) is 10.3. The summed E-state index contributed by atoms with van der Waals surface area (Å²) in [5.74, 6) is -2.08. The van der Waals surface area contributed by atoms with Gasteiger partial charge in [-0.2, -0.15) is 0 Å². The zero-order chi connectivity index (χ0) is 23.5. The number of hydrogen-bond acceptors (Lipinski definition) is 9. The molecule has 2 rings (SSSR count). The van der Waals surface area contributed by atoms with Crippen molar-refractivity contribution in [3.63, 3.8) is 0 Å². The van der Waals surface area contributed by atoms with E-state index in [4.69, 9.17) is 42.0 Å². The predicted molar refractivity (Wildman–Crippen MR) is 120 cm³/mol. The Morgan fingerprint density at radius 3 is 2.06 bits per heavy atom. The van der Waals surface area contributed by atoms with Crippen molar-refractivity contribution < 1.29 is 28.5 Å². The lowest BCUT2D eigenvalue weighted by Gasteiger charge is -2.32. The van der Waals surface area contributed by atoms with Gasteiger partial charge in [0.15, 0.2) is 0 Å². The van der Waals surface area contributed by atoms with Crippen molar-refractivity contribution in [3.05, 3.63) is 57.4 Å². The Morgan fingerprint density at radius 1 is 1.00 bits per heavy atom. The Bertz CT molecular complexity index is 871. The van der Waals surface area contributed by atoms with Crippen molar-refractivity contribution in [3.8, 4) is 0 Å². The van der Waals surface area contributed by atoms with E-state index in [1.54, 1.807) is 31.2 Å². The van der Waals surface area contributed by atoms with Crippen LogP contribution in [-0.2, 0) is 28.5 Å². The van der Waals surface area contributed by atoms with Crippen LogP contribution < -0.4 is 16.8 Å². The number of dihydropyridines is 1. The molecule has 1 aromatic rings. The van der Waals surface area contributed by atoms with E-state index in [1.165, 1.54) is 7.11 Å². The molecule has 32 heavy (non-hydrogen) atoms. The van der Waals surface area contributed by atoms with E-state index >= 15 is 0 Å². The standard InChI is InChI=1S/C22H30ClN3O6/c1-3-32-22(28)20-17(13-31-11-9-25)26-16(12-30-10-8-24)19(21(27)29-2)18(20)14-6-4-5-7-15(14)23/h4-7,18,26H,3,8-13,24-25H2,1-2H3/t18-/m0/s1. The number of benzene rings is 1. The Labute approximate surface area is 192 Å². The fraction of sp³-hybridized carbons (Fsp3) is 0.455. The van der Waals surface area contributed by atoms with E-state index in [1.807, 2.05) is 0 Å². The molecule has 1 aliphatic rings. The first kappa shape index (κ1) is 25.8. The monoisotopic (exact) mass is 467 g/mol. The number of hydrogen-bond donors (Lipinski definition) is 3. The van der Waals surface area contributed by atoms with Crippen LogP contribution in [0.15, 0.2) is 46.8 Å². The summed E-state index contributed by atoms with van der Waals surface area (Å²) in [4.78, 5) is 26.0. The molecular formula is C22H30ClN3O6. The van der Waals surface area contributed by atoms with Crippen LogP contribution in [0.4, 0.5) is 0 Å². The van der Waals surface area contributed by atoms with Crippen LogP contribution >= 0.6 is 11.6 Å². The minimum absolute atomic E-state index is 0.0408. The molecule has 1 heterocycles. The summed E-state index contributed by atoms with van der Waals surface area (Å²) in [7, 11) is 1.27. The third-order valence-electron chi connectivity index (χ3n) is 4.66. The second-order valence-electron chi connectivity index (χ2n) is 6.76. The van der Waals surface area contributed by atoms with Crippen LogP contribution in [0.2, 0.25) is 5.02 Å². The molecule has 1 aromatic carbocycles. The molecular weight excluding hydrogens is 438 g/mol. The number of nitrogens with two attached hydrogens (primary N) is 2. The molecule has 9 nitrogen and oxygen atoms in total. The topological polar surface area (TPSA) is 135 Å². The van der Waals surface area contributed by atoms with E-state index in [0.717, 1.165) is 0 Å². The Kier molecular flexibility index (Phi) is 10.6. The molecule has 0 spiro atoms. The average Bonchev–Trinajstić information content (AvgIpc) is 2.79. The van der Waals surface area contributed by atoms with Crippen molar-refractivity contribution in [1.29, 1.82) is 0 Å². The highest BCUT2D eigenvalue weighted by atomic mass is 35.5. The van der Waals surface area contributed by atoms with Crippen molar-refractivity contribution >= 4 is 23.5 Å². The largest absolute Gasteiger partial charge is 0.466 e. The molecule has 10 heteroatoms. The van der Waals surface area contributed by atoms with E-state index in [0.29, 0.717) is 35.1 Å². The van der Waals surface area contributed by atoms with E-state index < -0.39 is 17.9 Å².